The molecule has 1 aromatic heterocycles. The van der Waals surface area contributed by atoms with Gasteiger partial charge in [0.05, 0.1) is 6.61 Å². The predicted octanol–water partition coefficient (Wildman–Crippen LogP) is 3.96. The fraction of sp³-hybridized carbons (Fsp3) is 0.450. The van der Waals surface area contributed by atoms with Crippen molar-refractivity contribution < 1.29 is 13.9 Å². The summed E-state index contributed by atoms with van der Waals surface area (Å²) in [5, 5.41) is 8.76. The number of halogens is 2. The van der Waals surface area contributed by atoms with Gasteiger partial charge < -0.3 is 20.1 Å². The standard InChI is InChI=1S/C20H26FN3O2S.HI/c1-14(8-18-4-3-7-27-18)11-24-20(22-2)23-6-5-15-9-17(21)10-16-12-25-13-26-19(15)16;/h3-4,7,9-10,14H,5-6,8,11-13H2,1-2H3,(H2,22,23,24);1H. The number of hydrogen-bond acceptors (Lipinski definition) is 4. The zero-order chi connectivity index (χ0) is 19.1. The van der Waals surface area contributed by atoms with Crippen molar-refractivity contribution in [2.24, 2.45) is 10.9 Å². The van der Waals surface area contributed by atoms with Crippen LogP contribution in [-0.4, -0.2) is 32.9 Å². The normalized spacial score (nSPS) is 14.5. The molecule has 1 aromatic carbocycles. The van der Waals surface area contributed by atoms with Crippen LogP contribution in [0.25, 0.3) is 0 Å². The number of guanidine groups is 1. The maximum absolute atomic E-state index is 13.8. The molecule has 0 spiro atoms. The van der Waals surface area contributed by atoms with Crippen molar-refractivity contribution in [1.29, 1.82) is 0 Å². The number of thiophene rings is 1. The third-order valence-electron chi connectivity index (χ3n) is 4.41. The highest BCUT2D eigenvalue weighted by Crippen LogP contribution is 2.29. The van der Waals surface area contributed by atoms with Gasteiger partial charge in [-0.3, -0.25) is 4.99 Å². The van der Waals surface area contributed by atoms with Gasteiger partial charge in [-0.05, 0) is 47.9 Å². The van der Waals surface area contributed by atoms with Crippen LogP contribution in [0.3, 0.4) is 0 Å². The Kier molecular flexibility index (Phi) is 9.46. The molecule has 1 atom stereocenters. The number of rotatable bonds is 7. The minimum Gasteiger partial charge on any atom is -0.467 e. The van der Waals surface area contributed by atoms with Crippen LogP contribution in [-0.2, 0) is 24.2 Å². The van der Waals surface area contributed by atoms with Crippen molar-refractivity contribution >= 4 is 41.3 Å². The molecule has 28 heavy (non-hydrogen) atoms. The van der Waals surface area contributed by atoms with Crippen LogP contribution in [0.2, 0.25) is 0 Å². The molecule has 2 heterocycles. The highest BCUT2D eigenvalue weighted by molar-refractivity contribution is 14.0. The highest BCUT2D eigenvalue weighted by atomic mass is 127. The summed E-state index contributed by atoms with van der Waals surface area (Å²) in [6.07, 6.45) is 1.70. The van der Waals surface area contributed by atoms with E-state index < -0.39 is 0 Å². The first-order valence-electron chi connectivity index (χ1n) is 9.14. The summed E-state index contributed by atoms with van der Waals surface area (Å²) in [7, 11) is 1.75. The van der Waals surface area contributed by atoms with Crippen LogP contribution in [0.5, 0.6) is 5.75 Å². The average Bonchev–Trinajstić information content (AvgIpc) is 3.17. The summed E-state index contributed by atoms with van der Waals surface area (Å²) in [5.41, 5.74) is 1.61. The number of benzene rings is 1. The lowest BCUT2D eigenvalue weighted by molar-refractivity contribution is -0.0172. The molecule has 0 saturated carbocycles. The third-order valence-corrected chi connectivity index (χ3v) is 5.31. The number of nitrogens with one attached hydrogen (secondary N) is 2. The second-order valence-corrected chi connectivity index (χ2v) is 7.71. The van der Waals surface area contributed by atoms with Gasteiger partial charge in [-0.1, -0.05) is 13.0 Å². The van der Waals surface area contributed by atoms with Crippen molar-refractivity contribution in [2.75, 3.05) is 26.9 Å². The van der Waals surface area contributed by atoms with Gasteiger partial charge in [-0.2, -0.15) is 0 Å². The number of fused-ring (bicyclic) bond motifs is 1. The molecular formula is C20H27FIN3O2S. The summed E-state index contributed by atoms with van der Waals surface area (Å²) >= 11 is 1.79. The maximum Gasteiger partial charge on any atom is 0.190 e. The van der Waals surface area contributed by atoms with E-state index in [2.05, 4.69) is 40.1 Å². The Balaban J connectivity index is 0.00000280. The smallest absolute Gasteiger partial charge is 0.190 e. The zero-order valence-corrected chi connectivity index (χ0v) is 19.3. The number of aliphatic imine (C=N–C) groups is 1. The second kappa shape index (κ2) is 11.6. The lowest BCUT2D eigenvalue weighted by atomic mass is 10.1. The van der Waals surface area contributed by atoms with E-state index in [0.717, 1.165) is 35.8 Å². The molecule has 0 radical (unpaired) electrons. The molecule has 0 aliphatic carbocycles. The molecule has 1 unspecified atom stereocenters. The Morgan fingerprint density at radius 1 is 1.36 bits per heavy atom. The average molecular weight is 519 g/mol. The van der Waals surface area contributed by atoms with Crippen molar-refractivity contribution in [3.05, 3.63) is 51.5 Å². The lowest BCUT2D eigenvalue weighted by Crippen LogP contribution is -2.40. The van der Waals surface area contributed by atoms with E-state index >= 15 is 0 Å². The maximum atomic E-state index is 13.8. The fourth-order valence-corrected chi connectivity index (χ4v) is 3.96. The molecule has 3 rings (SSSR count). The van der Waals surface area contributed by atoms with Crippen molar-refractivity contribution in [3.8, 4) is 5.75 Å². The lowest BCUT2D eigenvalue weighted by Gasteiger charge is -2.21. The summed E-state index contributed by atoms with van der Waals surface area (Å²) in [4.78, 5) is 5.66. The van der Waals surface area contributed by atoms with Gasteiger partial charge in [0.25, 0.3) is 0 Å². The topological polar surface area (TPSA) is 54.9 Å². The van der Waals surface area contributed by atoms with Gasteiger partial charge in [0.2, 0.25) is 0 Å². The van der Waals surface area contributed by atoms with E-state index in [4.69, 9.17) is 9.47 Å². The van der Waals surface area contributed by atoms with Gasteiger partial charge in [0.15, 0.2) is 12.8 Å². The van der Waals surface area contributed by atoms with E-state index in [1.165, 1.54) is 17.0 Å². The van der Waals surface area contributed by atoms with E-state index in [1.54, 1.807) is 18.4 Å². The molecule has 2 N–H and O–H groups in total. The van der Waals surface area contributed by atoms with Crippen LogP contribution < -0.4 is 15.4 Å². The first kappa shape index (κ1) is 22.9. The third kappa shape index (κ3) is 6.59. The molecule has 1 aliphatic rings. The molecule has 154 valence electrons. The monoisotopic (exact) mass is 519 g/mol. The zero-order valence-electron chi connectivity index (χ0n) is 16.2. The summed E-state index contributed by atoms with van der Waals surface area (Å²) in [6.45, 7) is 4.30. The quantitative estimate of drug-likeness (QED) is 0.331. The number of hydrogen-bond donors (Lipinski definition) is 2. The molecule has 0 fully saturated rings. The highest BCUT2D eigenvalue weighted by Gasteiger charge is 2.16. The molecule has 0 saturated heterocycles. The second-order valence-electron chi connectivity index (χ2n) is 6.68. The van der Waals surface area contributed by atoms with Crippen LogP contribution in [0, 0.1) is 11.7 Å². The van der Waals surface area contributed by atoms with Crippen LogP contribution >= 0.6 is 35.3 Å². The van der Waals surface area contributed by atoms with E-state index in [0.29, 0.717) is 25.5 Å². The van der Waals surface area contributed by atoms with Gasteiger partial charge in [0, 0.05) is 30.6 Å². The van der Waals surface area contributed by atoms with Crippen LogP contribution in [0.4, 0.5) is 4.39 Å². The Bertz CT molecular complexity index is 771. The molecular weight excluding hydrogens is 492 g/mol. The SMILES string of the molecule is CN=C(NCCc1cc(F)cc2c1OCOC2)NCC(C)Cc1cccs1.I. The van der Waals surface area contributed by atoms with E-state index in [-0.39, 0.29) is 36.6 Å². The van der Waals surface area contributed by atoms with Crippen LogP contribution in [0.1, 0.15) is 22.9 Å². The number of ether oxygens (including phenoxy) is 2. The first-order valence-corrected chi connectivity index (χ1v) is 10.0. The fourth-order valence-electron chi connectivity index (χ4n) is 3.09. The predicted molar refractivity (Wildman–Crippen MR) is 122 cm³/mol. The Morgan fingerprint density at radius 3 is 2.96 bits per heavy atom. The Hall–Kier alpha value is -1.39. The summed E-state index contributed by atoms with van der Waals surface area (Å²) < 4.78 is 24.6. The van der Waals surface area contributed by atoms with Crippen molar-refractivity contribution in [2.45, 2.75) is 26.4 Å². The Labute approximate surface area is 186 Å². The van der Waals surface area contributed by atoms with Crippen molar-refractivity contribution in [3.63, 3.8) is 0 Å². The van der Waals surface area contributed by atoms with Crippen LogP contribution in [0.15, 0.2) is 34.6 Å². The molecule has 1 aliphatic heterocycles. The van der Waals surface area contributed by atoms with Crippen molar-refractivity contribution in [1.82, 2.24) is 10.6 Å². The summed E-state index contributed by atoms with van der Waals surface area (Å²) in [5.74, 6) is 1.74. The number of nitrogens with zero attached hydrogens (tertiary/aromatic N) is 1. The molecule has 8 heteroatoms. The minimum atomic E-state index is -0.261. The van der Waals surface area contributed by atoms with Gasteiger partial charge in [0.1, 0.15) is 11.6 Å². The van der Waals surface area contributed by atoms with Gasteiger partial charge in [-0.25, -0.2) is 4.39 Å². The first-order chi connectivity index (χ1) is 13.2. The van der Waals surface area contributed by atoms with Gasteiger partial charge >= 0.3 is 0 Å². The molecule has 5 nitrogen and oxygen atoms in total. The molecule has 0 amide bonds. The van der Waals surface area contributed by atoms with E-state index in [1.807, 2.05) is 0 Å². The van der Waals surface area contributed by atoms with Gasteiger partial charge in [-0.15, -0.1) is 35.3 Å². The molecule has 2 aromatic rings. The van der Waals surface area contributed by atoms with E-state index in [9.17, 15) is 4.39 Å². The Morgan fingerprint density at radius 2 is 2.21 bits per heavy atom. The summed E-state index contributed by atoms with van der Waals surface area (Å²) in [6, 6.07) is 7.26. The molecule has 0 bridgehead atoms. The minimum absolute atomic E-state index is 0. The largest absolute Gasteiger partial charge is 0.467 e.